The Bertz CT molecular complexity index is 221. The first-order chi connectivity index (χ1) is 6.29. The molecule has 2 nitrogen and oxygen atoms in total. The molecule has 0 amide bonds. The Kier molecular flexibility index (Phi) is 3.23. The minimum atomic E-state index is 0.168. The number of nitrogens with zero attached hydrogens (tertiary/aromatic N) is 1. The first-order valence-electron chi connectivity index (χ1n) is 5.60. The molecule has 0 bridgehead atoms. The molecule has 0 saturated heterocycles. The molecule has 1 rings (SSSR count). The zero-order valence-corrected chi connectivity index (χ0v) is 10.3. The van der Waals surface area contributed by atoms with Gasteiger partial charge in [0.05, 0.1) is 5.84 Å². The number of aliphatic imine (C=N–C) groups is 1. The predicted octanol–water partition coefficient (Wildman–Crippen LogP) is 2.98. The van der Waals surface area contributed by atoms with Crippen LogP contribution in [0.1, 0.15) is 53.9 Å². The van der Waals surface area contributed by atoms with Gasteiger partial charge in [0.25, 0.3) is 0 Å². The lowest BCUT2D eigenvalue weighted by molar-refractivity contribution is 0.266. The Morgan fingerprint density at radius 3 is 2.29 bits per heavy atom. The van der Waals surface area contributed by atoms with E-state index in [2.05, 4.69) is 44.9 Å². The van der Waals surface area contributed by atoms with Crippen molar-refractivity contribution >= 4 is 5.84 Å². The molecule has 0 unspecified atom stereocenters. The maximum Gasteiger partial charge on any atom is 0.0967 e. The van der Waals surface area contributed by atoms with E-state index in [-0.39, 0.29) is 5.54 Å². The summed E-state index contributed by atoms with van der Waals surface area (Å²) in [6.07, 6.45) is 3.51. The Morgan fingerprint density at radius 2 is 1.86 bits per heavy atom. The summed E-state index contributed by atoms with van der Waals surface area (Å²) in [5.41, 5.74) is 0.539. The summed E-state index contributed by atoms with van der Waals surface area (Å²) in [4.78, 5) is 4.46. The van der Waals surface area contributed by atoms with Gasteiger partial charge in [-0.05, 0) is 32.1 Å². The molecule has 0 fully saturated rings. The van der Waals surface area contributed by atoms with Crippen molar-refractivity contribution in [1.29, 1.82) is 0 Å². The van der Waals surface area contributed by atoms with E-state index in [1.807, 2.05) is 0 Å². The zero-order chi connectivity index (χ0) is 10.8. The second-order valence-electron chi connectivity index (χ2n) is 6.18. The Morgan fingerprint density at radius 1 is 1.21 bits per heavy atom. The van der Waals surface area contributed by atoms with Crippen molar-refractivity contribution in [3.05, 3.63) is 0 Å². The molecular weight excluding hydrogens is 172 g/mol. The zero-order valence-electron chi connectivity index (χ0n) is 10.3. The fraction of sp³-hybridized carbons (Fsp3) is 0.917. The largest absolute Gasteiger partial charge is 0.369 e. The quantitative estimate of drug-likeness (QED) is 0.721. The van der Waals surface area contributed by atoms with E-state index in [1.165, 1.54) is 18.7 Å². The lowest BCUT2D eigenvalue weighted by Gasteiger charge is -2.34. The molecule has 2 heteroatoms. The van der Waals surface area contributed by atoms with Crippen molar-refractivity contribution in [2.45, 2.75) is 59.4 Å². The molecular formula is C12H24N2. The number of rotatable bonds is 2. The van der Waals surface area contributed by atoms with Crippen molar-refractivity contribution in [3.8, 4) is 0 Å². The third-order valence-corrected chi connectivity index (χ3v) is 2.33. The van der Waals surface area contributed by atoms with Gasteiger partial charge in [0.2, 0.25) is 0 Å². The van der Waals surface area contributed by atoms with Crippen LogP contribution in [0.3, 0.4) is 0 Å². The van der Waals surface area contributed by atoms with Gasteiger partial charge in [0, 0.05) is 18.5 Å². The Hall–Kier alpha value is -0.530. The summed E-state index contributed by atoms with van der Waals surface area (Å²) in [5.74, 6) is 1.21. The lowest BCUT2D eigenvalue weighted by Crippen LogP contribution is -2.45. The molecule has 0 aromatic heterocycles. The summed E-state index contributed by atoms with van der Waals surface area (Å²) in [6.45, 7) is 12.4. The fourth-order valence-corrected chi connectivity index (χ4v) is 2.40. The molecule has 0 atom stereocenters. The van der Waals surface area contributed by atoms with Gasteiger partial charge in [-0.1, -0.05) is 20.8 Å². The summed E-state index contributed by atoms with van der Waals surface area (Å²) in [6, 6.07) is 0. The van der Waals surface area contributed by atoms with Gasteiger partial charge in [-0.25, -0.2) is 0 Å². The van der Waals surface area contributed by atoms with Crippen molar-refractivity contribution in [2.24, 2.45) is 10.4 Å². The van der Waals surface area contributed by atoms with Crippen LogP contribution in [0.5, 0.6) is 0 Å². The highest BCUT2D eigenvalue weighted by Crippen LogP contribution is 2.27. The lowest BCUT2D eigenvalue weighted by atomic mass is 9.82. The number of amidine groups is 1. The Balaban J connectivity index is 2.48. The summed E-state index contributed by atoms with van der Waals surface area (Å²) in [7, 11) is 0. The summed E-state index contributed by atoms with van der Waals surface area (Å²) in [5, 5.41) is 3.56. The molecule has 0 spiro atoms. The van der Waals surface area contributed by atoms with Crippen molar-refractivity contribution in [1.82, 2.24) is 5.32 Å². The molecule has 1 heterocycles. The highest BCUT2D eigenvalue weighted by Gasteiger charge is 2.26. The molecule has 0 saturated carbocycles. The minimum absolute atomic E-state index is 0.168. The molecule has 0 aliphatic carbocycles. The van der Waals surface area contributed by atoms with Crippen LogP contribution in [0.25, 0.3) is 0 Å². The van der Waals surface area contributed by atoms with Crippen LogP contribution in [-0.2, 0) is 0 Å². The van der Waals surface area contributed by atoms with Crippen molar-refractivity contribution in [2.75, 3.05) is 6.54 Å². The van der Waals surface area contributed by atoms with Crippen molar-refractivity contribution < 1.29 is 0 Å². The molecule has 1 aliphatic rings. The van der Waals surface area contributed by atoms with Gasteiger partial charge in [0.15, 0.2) is 0 Å². The second kappa shape index (κ2) is 3.92. The molecule has 0 radical (unpaired) electrons. The van der Waals surface area contributed by atoms with Gasteiger partial charge in [-0.3, -0.25) is 4.99 Å². The first kappa shape index (κ1) is 11.5. The van der Waals surface area contributed by atoms with E-state index < -0.39 is 0 Å². The standard InChI is InChI=1S/C12H24N2/c1-11(2,3)9-12(4,5)14-10-7-6-8-13-10/h6-9H2,1-5H3,(H,13,14). The van der Waals surface area contributed by atoms with E-state index in [0.717, 1.165) is 13.0 Å². The average molecular weight is 196 g/mol. The van der Waals surface area contributed by atoms with Gasteiger partial charge in [-0.2, -0.15) is 0 Å². The third kappa shape index (κ3) is 4.12. The van der Waals surface area contributed by atoms with Gasteiger partial charge in [-0.15, -0.1) is 0 Å². The summed E-state index contributed by atoms with van der Waals surface area (Å²) < 4.78 is 0. The molecule has 14 heavy (non-hydrogen) atoms. The molecule has 82 valence electrons. The fourth-order valence-electron chi connectivity index (χ4n) is 2.40. The second-order valence-corrected chi connectivity index (χ2v) is 6.18. The summed E-state index contributed by atoms with van der Waals surface area (Å²) >= 11 is 0. The third-order valence-electron chi connectivity index (χ3n) is 2.33. The van der Waals surface area contributed by atoms with Crippen LogP contribution in [-0.4, -0.2) is 17.9 Å². The van der Waals surface area contributed by atoms with Crippen LogP contribution >= 0.6 is 0 Å². The molecule has 0 aromatic carbocycles. The minimum Gasteiger partial charge on any atom is -0.369 e. The molecule has 1 aliphatic heterocycles. The monoisotopic (exact) mass is 196 g/mol. The van der Waals surface area contributed by atoms with Crippen molar-refractivity contribution in [3.63, 3.8) is 0 Å². The van der Waals surface area contributed by atoms with E-state index in [4.69, 9.17) is 0 Å². The van der Waals surface area contributed by atoms with E-state index >= 15 is 0 Å². The first-order valence-corrected chi connectivity index (χ1v) is 5.60. The highest BCUT2D eigenvalue weighted by atomic mass is 15.1. The smallest absolute Gasteiger partial charge is 0.0967 e. The Labute approximate surface area is 88.2 Å². The van der Waals surface area contributed by atoms with E-state index in [9.17, 15) is 0 Å². The van der Waals surface area contributed by atoms with Gasteiger partial charge >= 0.3 is 0 Å². The molecule has 0 aromatic rings. The van der Waals surface area contributed by atoms with Crippen LogP contribution in [0.4, 0.5) is 0 Å². The van der Waals surface area contributed by atoms with Crippen LogP contribution in [0, 0.1) is 5.41 Å². The number of hydrogen-bond donors (Lipinski definition) is 1. The SMILES string of the molecule is CC(C)(C)CC(C)(C)NC1=NCCC1. The van der Waals surface area contributed by atoms with Gasteiger partial charge in [0.1, 0.15) is 0 Å². The average Bonchev–Trinajstić information content (AvgIpc) is 2.31. The topological polar surface area (TPSA) is 24.4 Å². The number of hydrogen-bond acceptors (Lipinski definition) is 2. The maximum absolute atomic E-state index is 4.46. The van der Waals surface area contributed by atoms with Crippen LogP contribution in [0.15, 0.2) is 4.99 Å². The van der Waals surface area contributed by atoms with E-state index in [1.54, 1.807) is 0 Å². The molecule has 1 N–H and O–H groups in total. The van der Waals surface area contributed by atoms with Gasteiger partial charge < -0.3 is 5.32 Å². The van der Waals surface area contributed by atoms with Crippen LogP contribution < -0.4 is 5.32 Å². The predicted molar refractivity (Wildman–Crippen MR) is 62.8 cm³/mol. The number of nitrogens with one attached hydrogen (secondary N) is 1. The highest BCUT2D eigenvalue weighted by molar-refractivity contribution is 5.84. The van der Waals surface area contributed by atoms with Crippen LogP contribution in [0.2, 0.25) is 0 Å². The maximum atomic E-state index is 4.46. The van der Waals surface area contributed by atoms with E-state index in [0.29, 0.717) is 5.41 Å². The normalized spacial score (nSPS) is 18.2.